The number of fused-ring (bicyclic) bond motifs is 4. The second-order valence-electron chi connectivity index (χ2n) is 5.90. The molecular weight excluding hydrogens is 262 g/mol. The first-order valence-corrected chi connectivity index (χ1v) is 6.97. The Labute approximate surface area is 122 Å². The van der Waals surface area contributed by atoms with Gasteiger partial charge in [-0.1, -0.05) is 6.07 Å². The molecule has 0 aliphatic carbocycles. The number of rotatable bonds is 0. The molecule has 0 bridgehead atoms. The molecule has 104 valence electrons. The van der Waals surface area contributed by atoms with E-state index in [0.29, 0.717) is 0 Å². The quantitative estimate of drug-likeness (QED) is 0.629. The Bertz CT molecular complexity index is 871. The molecule has 0 spiro atoms. The lowest BCUT2D eigenvalue weighted by atomic mass is 9.93. The highest BCUT2D eigenvalue weighted by atomic mass is 16.5. The summed E-state index contributed by atoms with van der Waals surface area (Å²) < 4.78 is 6.15. The van der Waals surface area contributed by atoms with Gasteiger partial charge in [-0.25, -0.2) is 9.97 Å². The van der Waals surface area contributed by atoms with Gasteiger partial charge in [-0.05, 0) is 44.5 Å². The molecule has 4 nitrogen and oxygen atoms in total. The monoisotopic (exact) mass is 277 g/mol. The summed E-state index contributed by atoms with van der Waals surface area (Å²) in [5.74, 6) is 0.871. The SMILES string of the molecule is Cc1ccc2c(c1)OC(C)(C)c1nc3cnccc3nc1-2. The van der Waals surface area contributed by atoms with Crippen molar-refractivity contribution in [3.63, 3.8) is 0 Å². The molecule has 0 saturated carbocycles. The zero-order chi connectivity index (χ0) is 14.6. The first-order chi connectivity index (χ1) is 10.0. The van der Waals surface area contributed by atoms with Crippen molar-refractivity contribution in [1.29, 1.82) is 0 Å². The minimum absolute atomic E-state index is 0.507. The van der Waals surface area contributed by atoms with Gasteiger partial charge in [0.15, 0.2) is 0 Å². The summed E-state index contributed by atoms with van der Waals surface area (Å²) in [4.78, 5) is 13.7. The number of aromatic nitrogens is 3. The standard InChI is InChI=1S/C17H15N3O/c1-10-4-5-11-14(8-10)21-17(2,3)16-15(11)19-12-6-7-18-9-13(12)20-16/h4-9H,1-3H3. The zero-order valence-corrected chi connectivity index (χ0v) is 12.2. The minimum atomic E-state index is -0.507. The van der Waals surface area contributed by atoms with E-state index >= 15 is 0 Å². The molecular formula is C17H15N3O. The molecule has 0 unspecified atom stereocenters. The number of hydrogen-bond acceptors (Lipinski definition) is 4. The average molecular weight is 277 g/mol. The summed E-state index contributed by atoms with van der Waals surface area (Å²) in [6.45, 7) is 6.10. The van der Waals surface area contributed by atoms with Gasteiger partial charge in [0.2, 0.25) is 0 Å². The molecule has 4 rings (SSSR count). The number of pyridine rings is 1. The Kier molecular flexibility index (Phi) is 2.34. The first kappa shape index (κ1) is 12.3. The van der Waals surface area contributed by atoms with E-state index < -0.39 is 5.60 Å². The molecule has 4 heteroatoms. The fraction of sp³-hybridized carbons (Fsp3) is 0.235. The minimum Gasteiger partial charge on any atom is -0.481 e. The van der Waals surface area contributed by atoms with Crippen molar-refractivity contribution in [1.82, 2.24) is 15.0 Å². The highest BCUT2D eigenvalue weighted by Crippen LogP contribution is 2.43. The van der Waals surface area contributed by atoms with Gasteiger partial charge in [-0.2, -0.15) is 0 Å². The summed E-state index contributed by atoms with van der Waals surface area (Å²) >= 11 is 0. The lowest BCUT2D eigenvalue weighted by molar-refractivity contribution is 0.100. The lowest BCUT2D eigenvalue weighted by Crippen LogP contribution is -2.31. The molecule has 0 saturated heterocycles. The molecule has 21 heavy (non-hydrogen) atoms. The van der Waals surface area contributed by atoms with Gasteiger partial charge in [-0.3, -0.25) is 4.98 Å². The molecule has 1 aliphatic heterocycles. The molecule has 0 fully saturated rings. The predicted octanol–water partition coefficient (Wildman–Crippen LogP) is 3.63. The van der Waals surface area contributed by atoms with E-state index in [0.717, 1.165) is 33.7 Å². The lowest BCUT2D eigenvalue weighted by Gasteiger charge is -2.33. The van der Waals surface area contributed by atoms with Crippen LogP contribution >= 0.6 is 0 Å². The van der Waals surface area contributed by atoms with E-state index in [1.165, 1.54) is 5.56 Å². The van der Waals surface area contributed by atoms with Crippen LogP contribution in [0.3, 0.4) is 0 Å². The van der Waals surface area contributed by atoms with Crippen LogP contribution in [0, 0.1) is 6.92 Å². The van der Waals surface area contributed by atoms with Gasteiger partial charge < -0.3 is 4.74 Å². The Morgan fingerprint density at radius 3 is 2.76 bits per heavy atom. The summed E-state index contributed by atoms with van der Waals surface area (Å²) in [6, 6.07) is 8.07. The molecule has 0 radical (unpaired) electrons. The van der Waals surface area contributed by atoms with E-state index in [1.54, 1.807) is 12.4 Å². The van der Waals surface area contributed by atoms with Gasteiger partial charge in [0.25, 0.3) is 0 Å². The van der Waals surface area contributed by atoms with E-state index in [-0.39, 0.29) is 0 Å². The second-order valence-corrected chi connectivity index (χ2v) is 5.90. The van der Waals surface area contributed by atoms with Crippen LogP contribution in [0.5, 0.6) is 5.75 Å². The molecule has 2 aromatic heterocycles. The summed E-state index contributed by atoms with van der Waals surface area (Å²) in [5, 5.41) is 0. The molecule has 1 aromatic carbocycles. The van der Waals surface area contributed by atoms with Crippen LogP contribution in [0.4, 0.5) is 0 Å². The molecule has 1 aliphatic rings. The molecule has 3 aromatic rings. The van der Waals surface area contributed by atoms with Gasteiger partial charge >= 0.3 is 0 Å². The van der Waals surface area contributed by atoms with E-state index in [4.69, 9.17) is 14.7 Å². The molecule has 0 atom stereocenters. The highest BCUT2D eigenvalue weighted by molar-refractivity contribution is 5.81. The third kappa shape index (κ3) is 1.79. The van der Waals surface area contributed by atoms with Crippen molar-refractivity contribution in [2.45, 2.75) is 26.4 Å². The van der Waals surface area contributed by atoms with Crippen LogP contribution in [-0.4, -0.2) is 15.0 Å². The van der Waals surface area contributed by atoms with Crippen LogP contribution in [0.25, 0.3) is 22.3 Å². The zero-order valence-electron chi connectivity index (χ0n) is 12.2. The predicted molar refractivity (Wildman–Crippen MR) is 81.2 cm³/mol. The number of aryl methyl sites for hydroxylation is 1. The van der Waals surface area contributed by atoms with Crippen molar-refractivity contribution in [2.75, 3.05) is 0 Å². The van der Waals surface area contributed by atoms with Crippen molar-refractivity contribution in [2.24, 2.45) is 0 Å². The fourth-order valence-electron chi connectivity index (χ4n) is 2.75. The van der Waals surface area contributed by atoms with Gasteiger partial charge in [-0.15, -0.1) is 0 Å². The highest BCUT2D eigenvalue weighted by Gasteiger charge is 2.35. The largest absolute Gasteiger partial charge is 0.481 e. The van der Waals surface area contributed by atoms with Gasteiger partial charge in [0.1, 0.15) is 28.3 Å². The first-order valence-electron chi connectivity index (χ1n) is 6.97. The Balaban J connectivity index is 2.09. The van der Waals surface area contributed by atoms with Crippen molar-refractivity contribution < 1.29 is 4.74 Å². The van der Waals surface area contributed by atoms with Gasteiger partial charge in [0.05, 0.1) is 11.7 Å². The Morgan fingerprint density at radius 1 is 1.05 bits per heavy atom. The van der Waals surface area contributed by atoms with Crippen molar-refractivity contribution >= 4 is 11.0 Å². The average Bonchev–Trinajstić information content (AvgIpc) is 2.45. The van der Waals surface area contributed by atoms with Gasteiger partial charge in [0, 0.05) is 11.8 Å². The van der Waals surface area contributed by atoms with Crippen LogP contribution in [0.1, 0.15) is 25.1 Å². The van der Waals surface area contributed by atoms with E-state index in [9.17, 15) is 0 Å². The van der Waals surface area contributed by atoms with Crippen LogP contribution in [0.15, 0.2) is 36.7 Å². The summed E-state index contributed by atoms with van der Waals surface area (Å²) in [7, 11) is 0. The topological polar surface area (TPSA) is 47.9 Å². The van der Waals surface area contributed by atoms with Crippen LogP contribution < -0.4 is 4.74 Å². The van der Waals surface area contributed by atoms with Crippen molar-refractivity contribution in [3.8, 4) is 17.0 Å². The Morgan fingerprint density at radius 2 is 1.90 bits per heavy atom. The van der Waals surface area contributed by atoms with Crippen molar-refractivity contribution in [3.05, 3.63) is 47.9 Å². The fourth-order valence-corrected chi connectivity index (χ4v) is 2.75. The molecule has 3 heterocycles. The number of ether oxygens (including phenoxy) is 1. The maximum atomic E-state index is 6.15. The summed E-state index contributed by atoms with van der Waals surface area (Å²) in [6.07, 6.45) is 3.48. The normalized spacial score (nSPS) is 15.2. The maximum absolute atomic E-state index is 6.15. The van der Waals surface area contributed by atoms with E-state index in [1.807, 2.05) is 19.9 Å². The third-order valence-corrected chi connectivity index (χ3v) is 3.79. The number of nitrogens with zero attached hydrogens (tertiary/aromatic N) is 3. The second kappa shape index (κ2) is 4.01. The smallest absolute Gasteiger partial charge is 0.147 e. The molecule has 0 N–H and O–H groups in total. The maximum Gasteiger partial charge on any atom is 0.147 e. The molecule has 0 amide bonds. The third-order valence-electron chi connectivity index (χ3n) is 3.79. The van der Waals surface area contributed by atoms with Crippen LogP contribution in [-0.2, 0) is 5.60 Å². The Hall–Kier alpha value is -2.49. The van der Waals surface area contributed by atoms with Crippen LogP contribution in [0.2, 0.25) is 0 Å². The number of benzene rings is 1. The van der Waals surface area contributed by atoms with E-state index in [2.05, 4.69) is 30.1 Å². The summed E-state index contributed by atoms with van der Waals surface area (Å²) in [5.41, 5.74) is 5.08. The number of hydrogen-bond donors (Lipinski definition) is 0.